The molecule has 7 unspecified atom stereocenters. The Labute approximate surface area is 537 Å². The summed E-state index contributed by atoms with van der Waals surface area (Å²) < 4.78 is 16.7. The maximum absolute atomic E-state index is 13.0. The molecule has 1 aliphatic heterocycles. The second-order valence-electron chi connectivity index (χ2n) is 26.7. The molecular weight excluding hydrogens is 1090 g/mol. The van der Waals surface area contributed by atoms with Gasteiger partial charge in [-0.2, -0.15) is 0 Å². The van der Waals surface area contributed by atoms with Crippen LogP contribution in [0.4, 0.5) is 0 Å². The highest BCUT2D eigenvalue weighted by atomic mass is 16.7. The van der Waals surface area contributed by atoms with E-state index < -0.39 is 49.5 Å². The molecule has 0 saturated carbocycles. The molecule has 0 radical (unpaired) electrons. The third-order valence-electron chi connectivity index (χ3n) is 18.3. The van der Waals surface area contributed by atoms with Crippen molar-refractivity contribution in [3.8, 4) is 0 Å². The van der Waals surface area contributed by atoms with Crippen LogP contribution in [0.2, 0.25) is 0 Å². The van der Waals surface area contributed by atoms with Gasteiger partial charge in [0.05, 0.1) is 32.0 Å². The Bertz CT molecular complexity index is 1490. The van der Waals surface area contributed by atoms with Crippen molar-refractivity contribution in [2.45, 2.75) is 429 Å². The zero-order valence-electron chi connectivity index (χ0n) is 57.3. The SMILES string of the molecule is CCCCCCCCC/C=C/C(O)C(COC1OC(CO)C(O)C(O)C1O)NC(=O)CCCCCCCCCCCCCCCCCCC/C=C\CCCCCCCCCCCCCCOC(=O)CCCCCCCCCCCCCCCCCCC. The Morgan fingerprint density at radius 3 is 1.10 bits per heavy atom. The third kappa shape index (κ3) is 54.4. The number of unbranched alkanes of at least 4 members (excludes halogenated alkanes) is 52. The number of nitrogens with one attached hydrogen (secondary N) is 1. The van der Waals surface area contributed by atoms with Gasteiger partial charge < -0.3 is 45.1 Å². The van der Waals surface area contributed by atoms with Gasteiger partial charge >= 0.3 is 5.97 Å². The predicted molar refractivity (Wildman–Crippen MR) is 366 cm³/mol. The third-order valence-corrected chi connectivity index (χ3v) is 18.3. The summed E-state index contributed by atoms with van der Waals surface area (Å²) in [7, 11) is 0. The van der Waals surface area contributed by atoms with Gasteiger partial charge in [0.15, 0.2) is 6.29 Å². The van der Waals surface area contributed by atoms with Crippen LogP contribution in [0.1, 0.15) is 386 Å². The average Bonchev–Trinajstić information content (AvgIpc) is 3.48. The fourth-order valence-electron chi connectivity index (χ4n) is 12.3. The molecule has 0 spiro atoms. The Hall–Kier alpha value is -1.86. The van der Waals surface area contributed by atoms with Crippen LogP contribution in [-0.4, -0.2) is 100 Å². The molecule has 1 heterocycles. The summed E-state index contributed by atoms with van der Waals surface area (Å²) in [5, 5.41) is 54.3. The average molecular weight is 1230 g/mol. The maximum Gasteiger partial charge on any atom is 0.305 e. The topological polar surface area (TPSA) is 175 Å². The van der Waals surface area contributed by atoms with E-state index in [2.05, 4.69) is 31.3 Å². The summed E-state index contributed by atoms with van der Waals surface area (Å²) in [4.78, 5) is 25.1. The smallest absolute Gasteiger partial charge is 0.305 e. The van der Waals surface area contributed by atoms with Crippen molar-refractivity contribution in [3.05, 3.63) is 24.3 Å². The standard InChI is InChI=1S/C76H145NO10/c1-3-5-7-9-11-13-14-15-16-34-38-41-44-48-52-56-60-64-72(81)85-65-61-57-53-49-45-42-39-36-33-31-29-27-25-23-21-19-17-18-20-22-24-26-28-30-32-35-37-40-43-47-51-55-59-63-71(80)77-68(69(79)62-58-54-50-46-12-10-8-6-4-2)67-86-76-75(84)74(83)73(82)70(66-78)87-76/h21,23,58,62,68-70,73-76,78-79,82-84H,3-20,22,24-57,59-61,63-67H2,1-2H3,(H,77,80)/b23-21-,62-58+. The number of amides is 1. The van der Waals surface area contributed by atoms with Crippen LogP contribution in [-0.2, 0) is 23.8 Å². The Kier molecular flexibility index (Phi) is 62.7. The molecule has 1 aliphatic rings. The van der Waals surface area contributed by atoms with Crippen molar-refractivity contribution in [1.29, 1.82) is 0 Å². The summed E-state index contributed by atoms with van der Waals surface area (Å²) in [6.07, 6.45) is 73.6. The summed E-state index contributed by atoms with van der Waals surface area (Å²) in [5.41, 5.74) is 0. The van der Waals surface area contributed by atoms with Gasteiger partial charge in [-0.1, -0.05) is 340 Å². The number of aliphatic hydroxyl groups is 5. The first kappa shape index (κ1) is 83.2. The predicted octanol–water partition coefficient (Wildman–Crippen LogP) is 20.0. The zero-order valence-corrected chi connectivity index (χ0v) is 57.3. The minimum atomic E-state index is -1.57. The minimum Gasteiger partial charge on any atom is -0.466 e. The minimum absolute atomic E-state index is 0.0161. The van der Waals surface area contributed by atoms with Crippen LogP contribution in [0.25, 0.3) is 0 Å². The molecule has 0 aliphatic carbocycles. The second kappa shape index (κ2) is 65.6. The van der Waals surface area contributed by atoms with E-state index in [0.29, 0.717) is 19.4 Å². The van der Waals surface area contributed by atoms with E-state index >= 15 is 0 Å². The van der Waals surface area contributed by atoms with Gasteiger partial charge in [-0.05, 0) is 57.8 Å². The number of hydrogen-bond acceptors (Lipinski definition) is 10. The Morgan fingerprint density at radius 2 is 0.736 bits per heavy atom. The first-order valence-corrected chi connectivity index (χ1v) is 38.1. The van der Waals surface area contributed by atoms with Gasteiger partial charge in [0.1, 0.15) is 24.4 Å². The number of allylic oxidation sites excluding steroid dienone is 3. The van der Waals surface area contributed by atoms with E-state index in [4.69, 9.17) is 14.2 Å². The van der Waals surface area contributed by atoms with E-state index in [0.717, 1.165) is 51.4 Å². The van der Waals surface area contributed by atoms with Crippen LogP contribution in [0.3, 0.4) is 0 Å². The molecule has 6 N–H and O–H groups in total. The van der Waals surface area contributed by atoms with Crippen molar-refractivity contribution in [2.24, 2.45) is 0 Å². The lowest BCUT2D eigenvalue weighted by Crippen LogP contribution is -2.60. The van der Waals surface area contributed by atoms with Crippen LogP contribution >= 0.6 is 0 Å². The van der Waals surface area contributed by atoms with Gasteiger partial charge in [0.2, 0.25) is 5.91 Å². The quantitative estimate of drug-likeness (QED) is 0.0195. The number of esters is 1. The fraction of sp³-hybridized carbons (Fsp3) is 0.921. The molecule has 0 aromatic rings. The lowest BCUT2D eigenvalue weighted by atomic mass is 9.99. The van der Waals surface area contributed by atoms with Crippen LogP contribution in [0.15, 0.2) is 24.3 Å². The molecular formula is C76H145NO10. The van der Waals surface area contributed by atoms with E-state index in [9.17, 15) is 35.1 Å². The number of hydrogen-bond donors (Lipinski definition) is 6. The van der Waals surface area contributed by atoms with Crippen molar-refractivity contribution in [3.63, 3.8) is 0 Å². The van der Waals surface area contributed by atoms with E-state index in [1.54, 1.807) is 6.08 Å². The van der Waals surface area contributed by atoms with Crippen LogP contribution in [0.5, 0.6) is 0 Å². The van der Waals surface area contributed by atoms with Gasteiger partial charge in [0, 0.05) is 12.8 Å². The van der Waals surface area contributed by atoms with Crippen molar-refractivity contribution < 1.29 is 49.3 Å². The first-order valence-electron chi connectivity index (χ1n) is 38.1. The van der Waals surface area contributed by atoms with Crippen molar-refractivity contribution in [1.82, 2.24) is 5.32 Å². The molecule has 1 saturated heterocycles. The van der Waals surface area contributed by atoms with Gasteiger partial charge in [-0.25, -0.2) is 0 Å². The van der Waals surface area contributed by atoms with E-state index in [-0.39, 0.29) is 18.5 Å². The molecule has 1 rings (SSSR count). The fourth-order valence-corrected chi connectivity index (χ4v) is 12.3. The largest absolute Gasteiger partial charge is 0.466 e. The molecule has 0 aromatic carbocycles. The molecule has 87 heavy (non-hydrogen) atoms. The molecule has 11 nitrogen and oxygen atoms in total. The van der Waals surface area contributed by atoms with E-state index in [1.807, 2.05) is 6.08 Å². The van der Waals surface area contributed by atoms with Crippen LogP contribution in [0, 0.1) is 0 Å². The number of aliphatic hydroxyl groups excluding tert-OH is 5. The summed E-state index contributed by atoms with van der Waals surface area (Å²) in [6, 6.07) is -0.806. The first-order chi connectivity index (χ1) is 42.7. The zero-order chi connectivity index (χ0) is 63.0. The molecule has 7 atom stereocenters. The molecule has 0 aromatic heterocycles. The molecule has 11 heteroatoms. The highest BCUT2D eigenvalue weighted by molar-refractivity contribution is 5.76. The van der Waals surface area contributed by atoms with Gasteiger partial charge in [-0.3, -0.25) is 9.59 Å². The van der Waals surface area contributed by atoms with E-state index in [1.165, 1.54) is 308 Å². The Balaban J connectivity index is 1.87. The normalized spacial score (nSPS) is 17.9. The number of rotatable bonds is 68. The highest BCUT2D eigenvalue weighted by Crippen LogP contribution is 2.24. The summed E-state index contributed by atoms with van der Waals surface area (Å²) in [6.45, 7) is 4.37. The van der Waals surface area contributed by atoms with Gasteiger partial charge in [-0.15, -0.1) is 0 Å². The highest BCUT2D eigenvalue weighted by Gasteiger charge is 2.44. The summed E-state index contributed by atoms with van der Waals surface area (Å²) in [5.74, 6) is -0.163. The molecule has 514 valence electrons. The number of ether oxygens (including phenoxy) is 3. The lowest BCUT2D eigenvalue weighted by molar-refractivity contribution is -0.302. The Morgan fingerprint density at radius 1 is 0.414 bits per heavy atom. The number of carbonyl (C=O) groups is 2. The molecule has 0 bridgehead atoms. The molecule has 1 fully saturated rings. The van der Waals surface area contributed by atoms with Gasteiger partial charge in [0.25, 0.3) is 0 Å². The van der Waals surface area contributed by atoms with Crippen molar-refractivity contribution >= 4 is 11.9 Å². The monoisotopic (exact) mass is 1230 g/mol. The maximum atomic E-state index is 13.0. The van der Waals surface area contributed by atoms with Crippen LogP contribution < -0.4 is 5.32 Å². The summed E-state index contributed by atoms with van der Waals surface area (Å²) >= 11 is 0. The molecule has 1 amide bonds. The second-order valence-corrected chi connectivity index (χ2v) is 26.7. The van der Waals surface area contributed by atoms with Crippen molar-refractivity contribution in [2.75, 3.05) is 19.8 Å². The number of carbonyl (C=O) groups excluding carboxylic acids is 2. The lowest BCUT2D eigenvalue weighted by Gasteiger charge is -2.40.